The van der Waals surface area contributed by atoms with E-state index in [0.717, 1.165) is 51.6 Å². The van der Waals surface area contributed by atoms with E-state index in [-0.39, 0.29) is 6.10 Å². The summed E-state index contributed by atoms with van der Waals surface area (Å²) in [5, 5.41) is 6.52. The van der Waals surface area contributed by atoms with Crippen molar-refractivity contribution >= 4 is 11.8 Å². The second-order valence-corrected chi connectivity index (χ2v) is 4.96. The lowest BCUT2D eigenvalue weighted by Gasteiger charge is -2.32. The summed E-state index contributed by atoms with van der Waals surface area (Å²) >= 11 is 0. The van der Waals surface area contributed by atoms with E-state index in [1.165, 1.54) is 0 Å². The largest absolute Gasteiger partial charge is 0.374 e. The van der Waals surface area contributed by atoms with Gasteiger partial charge in [0.05, 0.1) is 12.7 Å². The molecule has 0 aromatic carbocycles. The number of likely N-dealkylation sites (N-methyl/N-ethyl adjacent to an activating group) is 1. The number of hydrogen-bond acceptors (Lipinski definition) is 6. The summed E-state index contributed by atoms with van der Waals surface area (Å²) in [6, 6.07) is 1.89. The first-order valence-corrected chi connectivity index (χ1v) is 7.46. The number of nitrogens with one attached hydrogen (secondary N) is 2. The number of rotatable bonds is 7. The van der Waals surface area contributed by atoms with Crippen molar-refractivity contribution in [2.24, 2.45) is 0 Å². The predicted molar refractivity (Wildman–Crippen MR) is 81.2 cm³/mol. The Labute approximate surface area is 120 Å². The first-order valence-electron chi connectivity index (χ1n) is 7.46. The number of morpholine rings is 1. The molecule has 1 aliphatic rings. The Balaban J connectivity index is 1.81. The van der Waals surface area contributed by atoms with E-state index in [1.807, 2.05) is 6.07 Å². The summed E-state index contributed by atoms with van der Waals surface area (Å²) in [5.74, 6) is 1.52. The van der Waals surface area contributed by atoms with Crippen molar-refractivity contribution in [3.05, 3.63) is 12.3 Å². The maximum atomic E-state index is 5.76. The third-order valence-electron chi connectivity index (χ3n) is 3.37. The second-order valence-electron chi connectivity index (χ2n) is 4.96. The van der Waals surface area contributed by atoms with E-state index in [2.05, 4.69) is 39.3 Å². The van der Waals surface area contributed by atoms with Gasteiger partial charge < -0.3 is 15.4 Å². The van der Waals surface area contributed by atoms with Crippen LogP contribution in [0.4, 0.5) is 11.8 Å². The van der Waals surface area contributed by atoms with Crippen LogP contribution in [0.5, 0.6) is 0 Å². The molecule has 6 nitrogen and oxygen atoms in total. The normalized spacial score (nSPS) is 19.8. The Morgan fingerprint density at radius 1 is 1.40 bits per heavy atom. The van der Waals surface area contributed by atoms with Gasteiger partial charge in [0.1, 0.15) is 5.82 Å². The molecule has 2 N–H and O–H groups in total. The monoisotopic (exact) mass is 279 g/mol. The molecule has 1 atom stereocenters. The van der Waals surface area contributed by atoms with Crippen molar-refractivity contribution in [3.63, 3.8) is 0 Å². The maximum absolute atomic E-state index is 5.76. The third-order valence-corrected chi connectivity index (χ3v) is 3.37. The number of nitrogens with zero attached hydrogens (tertiary/aromatic N) is 3. The zero-order valence-corrected chi connectivity index (χ0v) is 12.4. The smallest absolute Gasteiger partial charge is 0.224 e. The average molecular weight is 279 g/mol. The van der Waals surface area contributed by atoms with Gasteiger partial charge in [-0.1, -0.05) is 13.8 Å². The number of hydrogen-bond donors (Lipinski definition) is 2. The van der Waals surface area contributed by atoms with Gasteiger partial charge in [-0.3, -0.25) is 4.90 Å². The van der Waals surface area contributed by atoms with E-state index < -0.39 is 0 Å². The van der Waals surface area contributed by atoms with E-state index >= 15 is 0 Å². The fraction of sp³-hybridized carbons (Fsp3) is 0.714. The minimum absolute atomic E-state index is 0.228. The summed E-state index contributed by atoms with van der Waals surface area (Å²) in [6.07, 6.45) is 3.06. The van der Waals surface area contributed by atoms with Gasteiger partial charge >= 0.3 is 0 Å². The van der Waals surface area contributed by atoms with Crippen molar-refractivity contribution in [3.8, 4) is 0 Å². The van der Waals surface area contributed by atoms with Crippen molar-refractivity contribution in [2.75, 3.05) is 50.0 Å². The highest BCUT2D eigenvalue weighted by Crippen LogP contribution is 2.09. The Morgan fingerprint density at radius 3 is 3.10 bits per heavy atom. The first kappa shape index (κ1) is 15.0. The SMILES string of the molecule is CCCNc1nccc(NCC2CN(CC)CCO2)n1. The maximum Gasteiger partial charge on any atom is 0.224 e. The zero-order valence-electron chi connectivity index (χ0n) is 12.4. The molecule has 112 valence electrons. The van der Waals surface area contributed by atoms with Crippen LogP contribution in [-0.2, 0) is 4.74 Å². The van der Waals surface area contributed by atoms with Crippen molar-refractivity contribution in [1.29, 1.82) is 0 Å². The van der Waals surface area contributed by atoms with Crippen molar-refractivity contribution < 1.29 is 4.74 Å². The molecule has 1 fully saturated rings. The van der Waals surface area contributed by atoms with Crippen LogP contribution in [0.2, 0.25) is 0 Å². The molecule has 2 heterocycles. The Bertz CT molecular complexity index is 401. The third kappa shape index (κ3) is 4.61. The summed E-state index contributed by atoms with van der Waals surface area (Å²) in [4.78, 5) is 11.0. The molecular weight excluding hydrogens is 254 g/mol. The van der Waals surface area contributed by atoms with Gasteiger partial charge in [0.2, 0.25) is 5.95 Å². The molecule has 20 heavy (non-hydrogen) atoms. The standard InChI is InChI=1S/C14H25N5O/c1-3-6-15-14-16-7-5-13(18-14)17-10-12-11-19(4-2)8-9-20-12/h5,7,12H,3-4,6,8-11H2,1-2H3,(H2,15,16,17,18). The molecule has 1 saturated heterocycles. The first-order chi connectivity index (χ1) is 9.81. The molecule has 0 amide bonds. The highest BCUT2D eigenvalue weighted by molar-refractivity contribution is 5.39. The van der Waals surface area contributed by atoms with E-state index in [4.69, 9.17) is 4.74 Å². The topological polar surface area (TPSA) is 62.3 Å². The van der Waals surface area contributed by atoms with Crippen LogP contribution >= 0.6 is 0 Å². The highest BCUT2D eigenvalue weighted by Gasteiger charge is 2.18. The Hall–Kier alpha value is -1.40. The summed E-state index contributed by atoms with van der Waals surface area (Å²) in [5.41, 5.74) is 0. The average Bonchev–Trinajstić information content (AvgIpc) is 2.51. The van der Waals surface area contributed by atoms with Crippen LogP contribution in [0.3, 0.4) is 0 Å². The van der Waals surface area contributed by atoms with Crippen LogP contribution in [0.15, 0.2) is 12.3 Å². The van der Waals surface area contributed by atoms with E-state index in [1.54, 1.807) is 6.20 Å². The Morgan fingerprint density at radius 2 is 2.30 bits per heavy atom. The van der Waals surface area contributed by atoms with Crippen LogP contribution in [0.25, 0.3) is 0 Å². The van der Waals surface area contributed by atoms with Gasteiger partial charge in [-0.05, 0) is 19.0 Å². The lowest BCUT2D eigenvalue weighted by molar-refractivity contribution is -0.0192. The van der Waals surface area contributed by atoms with Crippen LogP contribution < -0.4 is 10.6 Å². The van der Waals surface area contributed by atoms with E-state index in [9.17, 15) is 0 Å². The molecule has 0 spiro atoms. The lowest BCUT2D eigenvalue weighted by atomic mass is 10.2. The van der Waals surface area contributed by atoms with Crippen molar-refractivity contribution in [2.45, 2.75) is 26.4 Å². The molecule has 1 aromatic rings. The predicted octanol–water partition coefficient (Wildman–Crippen LogP) is 1.43. The lowest BCUT2D eigenvalue weighted by Crippen LogP contribution is -2.45. The second kappa shape index (κ2) is 8.01. The van der Waals surface area contributed by atoms with Gasteiger partial charge in [0.25, 0.3) is 0 Å². The van der Waals surface area contributed by atoms with Gasteiger partial charge in [0.15, 0.2) is 0 Å². The molecule has 0 aliphatic carbocycles. The number of aromatic nitrogens is 2. The molecular formula is C14H25N5O. The summed E-state index contributed by atoms with van der Waals surface area (Å²) in [6.45, 7) is 9.88. The van der Waals surface area contributed by atoms with Crippen molar-refractivity contribution in [1.82, 2.24) is 14.9 Å². The molecule has 6 heteroatoms. The number of anilines is 2. The van der Waals surface area contributed by atoms with Crippen LogP contribution in [-0.4, -0.2) is 60.3 Å². The molecule has 0 bridgehead atoms. The Kier molecular flexibility index (Phi) is 6.01. The van der Waals surface area contributed by atoms with Gasteiger partial charge in [-0.25, -0.2) is 4.98 Å². The molecule has 2 rings (SSSR count). The summed E-state index contributed by atoms with van der Waals surface area (Å²) in [7, 11) is 0. The fourth-order valence-corrected chi connectivity index (χ4v) is 2.19. The molecule has 1 unspecified atom stereocenters. The quantitative estimate of drug-likeness (QED) is 0.787. The molecule has 0 saturated carbocycles. The molecule has 1 aromatic heterocycles. The minimum atomic E-state index is 0.228. The molecule has 1 aliphatic heterocycles. The van der Waals surface area contributed by atoms with Crippen LogP contribution in [0, 0.1) is 0 Å². The zero-order chi connectivity index (χ0) is 14.2. The van der Waals surface area contributed by atoms with Gasteiger partial charge in [-0.2, -0.15) is 4.98 Å². The highest BCUT2D eigenvalue weighted by atomic mass is 16.5. The number of ether oxygens (including phenoxy) is 1. The fourth-order valence-electron chi connectivity index (χ4n) is 2.19. The summed E-state index contributed by atoms with van der Waals surface area (Å²) < 4.78 is 5.76. The van der Waals surface area contributed by atoms with E-state index in [0.29, 0.717) is 5.95 Å². The van der Waals surface area contributed by atoms with Crippen LogP contribution in [0.1, 0.15) is 20.3 Å². The molecule has 0 radical (unpaired) electrons. The van der Waals surface area contributed by atoms with Gasteiger partial charge in [0, 0.05) is 32.4 Å². The van der Waals surface area contributed by atoms with Gasteiger partial charge in [-0.15, -0.1) is 0 Å². The minimum Gasteiger partial charge on any atom is -0.374 e.